The van der Waals surface area contributed by atoms with E-state index in [-0.39, 0.29) is 11.4 Å². The summed E-state index contributed by atoms with van der Waals surface area (Å²) in [5, 5.41) is 21.6. The third kappa shape index (κ3) is 2.57. The summed E-state index contributed by atoms with van der Waals surface area (Å²) in [6.45, 7) is 1.65. The van der Waals surface area contributed by atoms with Crippen molar-refractivity contribution >= 4 is 11.4 Å². The number of hydrogen-bond donors (Lipinski definition) is 0. The molecule has 0 amide bonds. The summed E-state index contributed by atoms with van der Waals surface area (Å²) in [6.07, 6.45) is 0. The largest absolute Gasteiger partial charge is 0.272 e. The molecular weight excluding hydrogens is 248 g/mol. The highest BCUT2D eigenvalue weighted by Gasteiger charge is 2.13. The van der Waals surface area contributed by atoms with E-state index in [0.29, 0.717) is 16.7 Å². The number of nitro benzene ring substituents is 2. The van der Waals surface area contributed by atoms with Gasteiger partial charge >= 0.3 is 0 Å². The number of non-ortho nitro benzene ring substituents is 1. The predicted octanol–water partition coefficient (Wildman–Crippen LogP) is 3.48. The summed E-state index contributed by atoms with van der Waals surface area (Å²) >= 11 is 0. The van der Waals surface area contributed by atoms with Gasteiger partial charge in [-0.15, -0.1) is 0 Å². The molecule has 0 aliphatic carbocycles. The molecule has 2 rings (SSSR count). The lowest BCUT2D eigenvalue weighted by molar-refractivity contribution is -0.385. The first-order valence-electron chi connectivity index (χ1n) is 5.49. The topological polar surface area (TPSA) is 86.3 Å². The van der Waals surface area contributed by atoms with Crippen LogP contribution in [0.2, 0.25) is 0 Å². The first kappa shape index (κ1) is 12.7. The van der Waals surface area contributed by atoms with Crippen LogP contribution in [0.1, 0.15) is 5.56 Å². The Bertz CT molecular complexity index is 667. The monoisotopic (exact) mass is 258 g/mol. The van der Waals surface area contributed by atoms with Crippen LogP contribution in [0, 0.1) is 27.2 Å². The number of nitro groups is 2. The van der Waals surface area contributed by atoms with Gasteiger partial charge in [0.1, 0.15) is 0 Å². The normalized spacial score (nSPS) is 10.2. The van der Waals surface area contributed by atoms with Crippen LogP contribution in [-0.4, -0.2) is 9.85 Å². The van der Waals surface area contributed by atoms with Gasteiger partial charge in [-0.05, 0) is 18.1 Å². The van der Waals surface area contributed by atoms with Crippen molar-refractivity contribution in [3.8, 4) is 11.1 Å². The summed E-state index contributed by atoms with van der Waals surface area (Å²) in [7, 11) is 0. The fourth-order valence-electron chi connectivity index (χ4n) is 1.78. The second kappa shape index (κ2) is 4.85. The molecule has 0 heterocycles. The van der Waals surface area contributed by atoms with Crippen LogP contribution in [0.15, 0.2) is 42.5 Å². The zero-order chi connectivity index (χ0) is 14.0. The molecule has 0 saturated heterocycles. The Morgan fingerprint density at radius 1 is 0.895 bits per heavy atom. The average molecular weight is 258 g/mol. The predicted molar refractivity (Wildman–Crippen MR) is 69.9 cm³/mol. The maximum Gasteiger partial charge on any atom is 0.272 e. The molecule has 6 heteroatoms. The summed E-state index contributed by atoms with van der Waals surface area (Å²) in [5.74, 6) is 0. The number of aryl methyl sites for hydroxylation is 1. The van der Waals surface area contributed by atoms with Crippen molar-refractivity contribution in [3.63, 3.8) is 0 Å². The summed E-state index contributed by atoms with van der Waals surface area (Å²) in [6, 6.07) is 10.8. The molecule has 0 aliphatic heterocycles. The molecule has 0 aliphatic rings. The summed E-state index contributed by atoms with van der Waals surface area (Å²) < 4.78 is 0. The second-order valence-corrected chi connectivity index (χ2v) is 4.07. The molecule has 2 aromatic rings. The van der Waals surface area contributed by atoms with Crippen molar-refractivity contribution in [1.82, 2.24) is 0 Å². The number of nitrogens with zero attached hydrogens (tertiary/aromatic N) is 2. The Labute approximate surface area is 108 Å². The van der Waals surface area contributed by atoms with Crippen LogP contribution in [0.25, 0.3) is 11.1 Å². The lowest BCUT2D eigenvalue weighted by Gasteiger charge is -2.03. The number of hydrogen-bond acceptors (Lipinski definition) is 4. The number of rotatable bonds is 3. The fourth-order valence-corrected chi connectivity index (χ4v) is 1.78. The molecular formula is C13H10N2O4. The quantitative estimate of drug-likeness (QED) is 0.622. The molecule has 0 saturated carbocycles. The average Bonchev–Trinajstić information content (AvgIpc) is 2.39. The van der Waals surface area contributed by atoms with Gasteiger partial charge in [-0.25, -0.2) is 0 Å². The molecule has 0 radical (unpaired) electrons. The van der Waals surface area contributed by atoms with E-state index in [1.807, 2.05) is 0 Å². The molecule has 0 fully saturated rings. The maximum atomic E-state index is 10.9. The Balaban J connectivity index is 2.53. The third-order valence-electron chi connectivity index (χ3n) is 2.80. The highest BCUT2D eigenvalue weighted by molar-refractivity contribution is 5.69. The Morgan fingerprint density at radius 2 is 1.58 bits per heavy atom. The van der Waals surface area contributed by atoms with E-state index in [1.54, 1.807) is 31.2 Å². The molecule has 0 spiro atoms. The van der Waals surface area contributed by atoms with E-state index in [4.69, 9.17) is 0 Å². The lowest BCUT2D eigenvalue weighted by Crippen LogP contribution is -1.92. The van der Waals surface area contributed by atoms with E-state index in [2.05, 4.69) is 0 Å². The van der Waals surface area contributed by atoms with Gasteiger partial charge in [0.05, 0.1) is 9.85 Å². The zero-order valence-corrected chi connectivity index (χ0v) is 10.1. The highest BCUT2D eigenvalue weighted by Crippen LogP contribution is 2.28. The van der Waals surface area contributed by atoms with Gasteiger partial charge in [0.2, 0.25) is 0 Å². The van der Waals surface area contributed by atoms with Gasteiger partial charge in [0.15, 0.2) is 0 Å². The van der Waals surface area contributed by atoms with E-state index in [9.17, 15) is 20.2 Å². The lowest BCUT2D eigenvalue weighted by atomic mass is 10.0. The van der Waals surface area contributed by atoms with Crippen LogP contribution in [0.5, 0.6) is 0 Å². The van der Waals surface area contributed by atoms with Gasteiger partial charge in [-0.3, -0.25) is 20.2 Å². The molecule has 0 atom stereocenters. The van der Waals surface area contributed by atoms with Crippen LogP contribution < -0.4 is 0 Å². The van der Waals surface area contributed by atoms with Gasteiger partial charge in [-0.2, -0.15) is 0 Å². The van der Waals surface area contributed by atoms with Crippen molar-refractivity contribution in [1.29, 1.82) is 0 Å². The standard InChI is InChI=1S/C13H10N2O4/c1-9-5-6-11(8-13(9)15(18)19)10-3-2-4-12(7-10)14(16)17/h2-8H,1H3. The van der Waals surface area contributed by atoms with E-state index in [0.717, 1.165) is 0 Å². The Hall–Kier alpha value is -2.76. The highest BCUT2D eigenvalue weighted by atomic mass is 16.6. The zero-order valence-electron chi connectivity index (χ0n) is 10.1. The van der Waals surface area contributed by atoms with Gasteiger partial charge in [-0.1, -0.05) is 24.3 Å². The summed E-state index contributed by atoms with van der Waals surface area (Å²) in [4.78, 5) is 20.6. The second-order valence-electron chi connectivity index (χ2n) is 4.07. The maximum absolute atomic E-state index is 10.9. The van der Waals surface area contributed by atoms with Crippen molar-refractivity contribution in [2.24, 2.45) is 0 Å². The van der Waals surface area contributed by atoms with Crippen LogP contribution >= 0.6 is 0 Å². The first-order valence-corrected chi connectivity index (χ1v) is 5.49. The minimum absolute atomic E-state index is 0.00371. The molecule has 6 nitrogen and oxygen atoms in total. The molecule has 0 bridgehead atoms. The van der Waals surface area contributed by atoms with Crippen LogP contribution in [-0.2, 0) is 0 Å². The van der Waals surface area contributed by atoms with E-state index in [1.165, 1.54) is 18.2 Å². The van der Waals surface area contributed by atoms with Gasteiger partial charge in [0, 0.05) is 23.8 Å². The van der Waals surface area contributed by atoms with Crippen molar-refractivity contribution in [3.05, 3.63) is 68.3 Å². The molecule has 0 aromatic heterocycles. The molecule has 0 unspecified atom stereocenters. The smallest absolute Gasteiger partial charge is 0.258 e. The SMILES string of the molecule is Cc1ccc(-c2cccc([N+](=O)[O-])c2)cc1[N+](=O)[O-]. The molecule has 0 N–H and O–H groups in total. The molecule has 96 valence electrons. The van der Waals surface area contributed by atoms with Gasteiger partial charge < -0.3 is 0 Å². The van der Waals surface area contributed by atoms with Crippen molar-refractivity contribution in [2.75, 3.05) is 0 Å². The Kier molecular flexibility index (Phi) is 3.24. The minimum atomic E-state index is -0.494. The minimum Gasteiger partial charge on any atom is -0.258 e. The number of benzene rings is 2. The molecule has 2 aromatic carbocycles. The first-order chi connectivity index (χ1) is 8.99. The fraction of sp³-hybridized carbons (Fsp3) is 0.0769. The van der Waals surface area contributed by atoms with Crippen molar-refractivity contribution in [2.45, 2.75) is 6.92 Å². The summed E-state index contributed by atoms with van der Waals surface area (Å²) in [5.41, 5.74) is 1.68. The van der Waals surface area contributed by atoms with Crippen LogP contribution in [0.4, 0.5) is 11.4 Å². The van der Waals surface area contributed by atoms with E-state index >= 15 is 0 Å². The Morgan fingerprint density at radius 3 is 2.21 bits per heavy atom. The van der Waals surface area contributed by atoms with Crippen LogP contribution in [0.3, 0.4) is 0 Å². The third-order valence-corrected chi connectivity index (χ3v) is 2.80. The molecule has 19 heavy (non-hydrogen) atoms. The van der Waals surface area contributed by atoms with Crippen molar-refractivity contribution < 1.29 is 9.85 Å². The van der Waals surface area contributed by atoms with Gasteiger partial charge in [0.25, 0.3) is 11.4 Å². The van der Waals surface area contributed by atoms with E-state index < -0.39 is 9.85 Å².